The van der Waals surface area contributed by atoms with Crippen molar-refractivity contribution in [3.63, 3.8) is 0 Å². The maximum atomic E-state index is 13.4. The van der Waals surface area contributed by atoms with Crippen LogP contribution in [0.1, 0.15) is 0 Å². The number of nitrogens with zero attached hydrogens (tertiary/aromatic N) is 2. The lowest BCUT2D eigenvalue weighted by Gasteiger charge is -2.40. The third kappa shape index (κ3) is 3.97. The first kappa shape index (κ1) is 22.0. The van der Waals surface area contributed by atoms with E-state index < -0.39 is 30.0 Å². The molecule has 0 spiro atoms. The fourth-order valence-electron chi connectivity index (χ4n) is 2.91. The molecule has 2 aromatic carbocycles. The lowest BCUT2D eigenvalue weighted by atomic mass is 10.1. The minimum Gasteiger partial charge on any atom is -0.497 e. The van der Waals surface area contributed by atoms with Crippen molar-refractivity contribution in [2.75, 3.05) is 22.8 Å². The Kier molecular flexibility index (Phi) is 6.57. The van der Waals surface area contributed by atoms with E-state index in [2.05, 4.69) is 0 Å². The monoisotopic (exact) mass is 472 g/mol. The van der Waals surface area contributed by atoms with Gasteiger partial charge in [0.1, 0.15) is 11.6 Å². The van der Waals surface area contributed by atoms with Gasteiger partial charge in [-0.3, -0.25) is 19.9 Å². The Labute approximate surface area is 186 Å². The number of carbonyl (C=O) groups excluding carboxylic acids is 3. The number of hydrogen-bond acceptors (Lipinski definition) is 6. The average molecular weight is 474 g/mol. The smallest absolute Gasteiger partial charge is 0.339 e. The number of rotatable bonds is 4. The van der Waals surface area contributed by atoms with Crippen LogP contribution >= 0.6 is 34.8 Å². The van der Waals surface area contributed by atoms with Gasteiger partial charge in [-0.15, -0.1) is 11.6 Å². The summed E-state index contributed by atoms with van der Waals surface area (Å²) in [5, 5.41) is 0.253. The summed E-state index contributed by atoms with van der Waals surface area (Å²) < 4.78 is 10.3. The van der Waals surface area contributed by atoms with E-state index in [1.807, 2.05) is 5.43 Å². The largest absolute Gasteiger partial charge is 0.497 e. The molecule has 2 aromatic rings. The van der Waals surface area contributed by atoms with E-state index in [4.69, 9.17) is 50.1 Å². The summed E-state index contributed by atoms with van der Waals surface area (Å²) >= 11 is 17.8. The number of nitrogens with two attached hydrogens (primary N) is 1. The number of anilines is 3. The molecule has 1 heterocycles. The Bertz CT molecular complexity index is 1000. The molecule has 1 aliphatic rings. The van der Waals surface area contributed by atoms with Gasteiger partial charge in [0.05, 0.1) is 28.5 Å². The van der Waals surface area contributed by atoms with Gasteiger partial charge in [-0.2, -0.15) is 0 Å². The van der Waals surface area contributed by atoms with Crippen LogP contribution in [0.4, 0.5) is 21.9 Å². The Hall–Kier alpha value is -2.72. The molecule has 1 aliphatic heterocycles. The van der Waals surface area contributed by atoms with Gasteiger partial charge in [-0.05, 0) is 36.4 Å². The first-order chi connectivity index (χ1) is 14.3. The molecule has 30 heavy (non-hydrogen) atoms. The standard InChI is InChI=1S/C18H15Cl3N4O5/c1-29-10-4-2-9(3-5-10)24-13-6-11(20)12(21)7-14(13)25(18(28)23-22)17(16(24)27)30-15(26)8-19/h2-7,17H,8,22H2,1H3,(H,23,28). The van der Waals surface area contributed by atoms with Crippen molar-refractivity contribution < 1.29 is 23.9 Å². The van der Waals surface area contributed by atoms with E-state index >= 15 is 0 Å². The molecular weight excluding hydrogens is 459 g/mol. The molecule has 3 N–H and O–H groups in total. The molecule has 0 saturated heterocycles. The van der Waals surface area contributed by atoms with Gasteiger partial charge < -0.3 is 9.47 Å². The summed E-state index contributed by atoms with van der Waals surface area (Å²) in [7, 11) is 1.50. The first-order valence-electron chi connectivity index (χ1n) is 8.34. The second-order valence-electron chi connectivity index (χ2n) is 5.92. The number of methoxy groups -OCH3 is 1. The fraction of sp³-hybridized carbons (Fsp3) is 0.167. The Morgan fingerprint density at radius 1 is 1.13 bits per heavy atom. The number of esters is 1. The molecule has 12 heteroatoms. The molecule has 1 unspecified atom stereocenters. The number of benzene rings is 2. The zero-order valence-electron chi connectivity index (χ0n) is 15.4. The number of carbonyl (C=O) groups is 3. The quantitative estimate of drug-likeness (QED) is 0.232. The topological polar surface area (TPSA) is 114 Å². The number of amides is 3. The number of hydrogen-bond donors (Lipinski definition) is 2. The molecule has 3 amide bonds. The molecule has 3 rings (SSSR count). The lowest BCUT2D eigenvalue weighted by Crippen LogP contribution is -2.59. The van der Waals surface area contributed by atoms with Gasteiger partial charge in [-0.1, -0.05) is 23.2 Å². The number of fused-ring (bicyclic) bond motifs is 1. The van der Waals surface area contributed by atoms with Crippen LogP contribution < -0.4 is 25.8 Å². The SMILES string of the molecule is COc1ccc(N2C(=O)C(OC(=O)CCl)N(C(=O)NN)c3cc(Cl)c(Cl)cc32)cc1. The summed E-state index contributed by atoms with van der Waals surface area (Å²) in [6, 6.07) is 8.36. The average Bonchev–Trinajstić information content (AvgIpc) is 2.75. The predicted molar refractivity (Wildman–Crippen MR) is 112 cm³/mol. The Balaban J connectivity index is 2.23. The van der Waals surface area contributed by atoms with E-state index in [-0.39, 0.29) is 21.4 Å². The highest BCUT2D eigenvalue weighted by atomic mass is 35.5. The van der Waals surface area contributed by atoms with E-state index in [1.165, 1.54) is 24.1 Å². The summed E-state index contributed by atoms with van der Waals surface area (Å²) in [6.45, 7) is 0. The number of hydrazine groups is 1. The van der Waals surface area contributed by atoms with Crippen LogP contribution in [-0.2, 0) is 14.3 Å². The normalized spacial score (nSPS) is 15.5. The maximum absolute atomic E-state index is 13.4. The van der Waals surface area contributed by atoms with Crippen LogP contribution in [0.5, 0.6) is 5.75 Å². The molecule has 0 saturated carbocycles. The highest BCUT2D eigenvalue weighted by Gasteiger charge is 2.45. The third-order valence-electron chi connectivity index (χ3n) is 4.21. The Morgan fingerprint density at radius 3 is 2.27 bits per heavy atom. The minimum atomic E-state index is -1.69. The van der Waals surface area contributed by atoms with Crippen molar-refractivity contribution in [2.45, 2.75) is 6.23 Å². The molecule has 9 nitrogen and oxygen atoms in total. The predicted octanol–water partition coefficient (Wildman–Crippen LogP) is 3.18. The molecule has 1 atom stereocenters. The van der Waals surface area contributed by atoms with Crippen LogP contribution in [-0.4, -0.2) is 37.1 Å². The Morgan fingerprint density at radius 2 is 1.73 bits per heavy atom. The minimum absolute atomic E-state index is 0.108. The van der Waals surface area contributed by atoms with Crippen molar-refractivity contribution in [3.05, 3.63) is 46.4 Å². The number of urea groups is 1. The zero-order valence-corrected chi connectivity index (χ0v) is 17.7. The van der Waals surface area contributed by atoms with Gasteiger partial charge in [-0.25, -0.2) is 15.5 Å². The molecule has 0 radical (unpaired) electrons. The van der Waals surface area contributed by atoms with Crippen LogP contribution in [0, 0.1) is 0 Å². The number of ether oxygens (including phenoxy) is 2. The molecular formula is C18H15Cl3N4O5. The van der Waals surface area contributed by atoms with E-state index in [0.29, 0.717) is 11.4 Å². The highest BCUT2D eigenvalue weighted by molar-refractivity contribution is 6.43. The van der Waals surface area contributed by atoms with Gasteiger partial charge >= 0.3 is 12.0 Å². The molecule has 0 bridgehead atoms. The van der Waals surface area contributed by atoms with Crippen LogP contribution in [0.2, 0.25) is 10.0 Å². The summed E-state index contributed by atoms with van der Waals surface area (Å²) in [5.41, 5.74) is 2.68. The third-order valence-corrected chi connectivity index (χ3v) is 5.15. The zero-order chi connectivity index (χ0) is 22.0. The highest BCUT2D eigenvalue weighted by Crippen LogP contribution is 2.45. The van der Waals surface area contributed by atoms with Crippen LogP contribution in [0.15, 0.2) is 36.4 Å². The van der Waals surface area contributed by atoms with Crippen molar-refractivity contribution in [3.8, 4) is 5.75 Å². The second kappa shape index (κ2) is 8.97. The van der Waals surface area contributed by atoms with Crippen molar-refractivity contribution >= 4 is 69.8 Å². The first-order valence-corrected chi connectivity index (χ1v) is 9.63. The van der Waals surface area contributed by atoms with Crippen molar-refractivity contribution in [1.82, 2.24) is 5.43 Å². The second-order valence-corrected chi connectivity index (χ2v) is 7.00. The number of alkyl halides is 1. The van der Waals surface area contributed by atoms with E-state index in [9.17, 15) is 14.4 Å². The van der Waals surface area contributed by atoms with Crippen LogP contribution in [0.3, 0.4) is 0 Å². The molecule has 0 aliphatic carbocycles. The van der Waals surface area contributed by atoms with Gasteiger partial charge in [0.2, 0.25) is 0 Å². The summed E-state index contributed by atoms with van der Waals surface area (Å²) in [5.74, 6) is 3.63. The van der Waals surface area contributed by atoms with Crippen molar-refractivity contribution in [1.29, 1.82) is 0 Å². The molecule has 158 valence electrons. The van der Waals surface area contributed by atoms with E-state index in [0.717, 1.165) is 4.90 Å². The van der Waals surface area contributed by atoms with Crippen molar-refractivity contribution in [2.24, 2.45) is 5.84 Å². The van der Waals surface area contributed by atoms with Gasteiger partial charge in [0, 0.05) is 5.69 Å². The molecule has 0 aromatic heterocycles. The molecule has 0 fully saturated rings. The number of halogens is 3. The maximum Gasteiger partial charge on any atom is 0.339 e. The summed E-state index contributed by atoms with van der Waals surface area (Å²) in [4.78, 5) is 39.8. The van der Waals surface area contributed by atoms with Gasteiger partial charge in [0.15, 0.2) is 0 Å². The number of nitrogens with one attached hydrogen (secondary N) is 1. The fourth-order valence-corrected chi connectivity index (χ4v) is 3.28. The van der Waals surface area contributed by atoms with Gasteiger partial charge in [0.25, 0.3) is 12.1 Å². The van der Waals surface area contributed by atoms with Crippen LogP contribution in [0.25, 0.3) is 0 Å². The van der Waals surface area contributed by atoms with E-state index in [1.54, 1.807) is 24.3 Å². The lowest BCUT2D eigenvalue weighted by molar-refractivity contribution is -0.152. The summed E-state index contributed by atoms with van der Waals surface area (Å²) in [6.07, 6.45) is -1.69.